The van der Waals surface area contributed by atoms with Crippen molar-refractivity contribution < 1.29 is 34.5 Å². The molecule has 4 N–H and O–H groups in total. The third-order valence-electron chi connectivity index (χ3n) is 29.7. The van der Waals surface area contributed by atoms with Crippen molar-refractivity contribution in [1.82, 2.24) is 58.1 Å². The highest BCUT2D eigenvalue weighted by Crippen LogP contribution is 2.41. The molecule has 2 saturated heterocycles. The molecule has 0 amide bonds. The molecule has 16 aromatic rings. The van der Waals surface area contributed by atoms with Crippen molar-refractivity contribution in [3.8, 4) is 0 Å². The zero-order chi connectivity index (χ0) is 100. The highest BCUT2D eigenvalue weighted by atomic mass is 35.5. The van der Waals surface area contributed by atoms with Gasteiger partial charge in [0.05, 0.1) is 134 Å². The van der Waals surface area contributed by atoms with Crippen LogP contribution in [0.5, 0.6) is 0 Å². The lowest BCUT2D eigenvalue weighted by Gasteiger charge is -2.32. The van der Waals surface area contributed by atoms with Crippen LogP contribution in [0.15, 0.2) is 258 Å². The van der Waals surface area contributed by atoms with Gasteiger partial charge in [0, 0.05) is 70.9 Å². The van der Waals surface area contributed by atoms with Crippen LogP contribution in [0.25, 0.3) is 92.3 Å². The van der Waals surface area contributed by atoms with Crippen LogP contribution in [-0.4, -0.2) is 135 Å². The minimum absolute atomic E-state index is 0.0683. The predicted octanol–water partition coefficient (Wildman–Crippen LogP) is 23.0. The molecule has 4 aliphatic carbocycles. The van der Waals surface area contributed by atoms with Crippen molar-refractivity contribution in [2.45, 2.75) is 282 Å². The van der Waals surface area contributed by atoms with Gasteiger partial charge in [0.1, 0.15) is 5.15 Å². The number of hydrogen-bond donors (Lipinski definition) is 4. The number of aliphatic hydroxyl groups excluding tert-OH is 4. The van der Waals surface area contributed by atoms with Gasteiger partial charge in [0.15, 0.2) is 0 Å². The van der Waals surface area contributed by atoms with Crippen molar-refractivity contribution in [1.29, 1.82) is 0 Å². The minimum atomic E-state index is -0.504. The van der Waals surface area contributed by atoms with Crippen molar-refractivity contribution in [3.63, 3.8) is 0 Å². The lowest BCUT2D eigenvalue weighted by Crippen LogP contribution is -2.41. The van der Waals surface area contributed by atoms with Gasteiger partial charge in [-0.1, -0.05) is 224 Å². The van der Waals surface area contributed by atoms with Crippen LogP contribution in [0.3, 0.4) is 0 Å². The molecule has 2 aliphatic heterocycles. The normalized spacial score (nSPS) is 19.9. The summed E-state index contributed by atoms with van der Waals surface area (Å²) in [5.41, 5.74) is 15.6. The number of pyridine rings is 4. The van der Waals surface area contributed by atoms with E-state index in [1.165, 1.54) is 12.8 Å². The van der Waals surface area contributed by atoms with Gasteiger partial charge in [-0.3, -0.25) is 52.4 Å². The van der Waals surface area contributed by atoms with E-state index in [4.69, 9.17) is 35.6 Å². The summed E-state index contributed by atoms with van der Waals surface area (Å²) < 4.78 is 22.9. The third kappa shape index (κ3) is 22.9. The summed E-state index contributed by atoms with van der Waals surface area (Å²) in [6.07, 6.45) is 31.5. The average Bonchev–Trinajstić information content (AvgIpc) is 1.30. The second kappa shape index (κ2) is 45.2. The van der Waals surface area contributed by atoms with E-state index in [9.17, 15) is 39.6 Å². The maximum atomic E-state index is 13.5. The van der Waals surface area contributed by atoms with Crippen LogP contribution in [0, 0.1) is 0 Å². The second-order valence-corrected chi connectivity index (χ2v) is 41.6. The van der Waals surface area contributed by atoms with Crippen LogP contribution < -0.4 is 22.2 Å². The van der Waals surface area contributed by atoms with Gasteiger partial charge in [-0.05, 0) is 263 Å². The maximum Gasteiger partial charge on any atom is 0.489 e. The molecule has 143 heavy (non-hydrogen) atoms. The maximum absolute atomic E-state index is 13.5. The van der Waals surface area contributed by atoms with Gasteiger partial charge in [-0.15, -0.1) is 6.58 Å². The second-order valence-electron chi connectivity index (χ2n) is 41.2. The Hall–Kier alpha value is -12.5. The van der Waals surface area contributed by atoms with Crippen molar-refractivity contribution in [3.05, 3.63) is 347 Å². The van der Waals surface area contributed by atoms with Crippen LogP contribution in [0.4, 0.5) is 0 Å². The van der Waals surface area contributed by atoms with Crippen LogP contribution >= 0.6 is 11.6 Å². The molecule has 22 rings (SSSR count). The molecule has 23 nitrogen and oxygen atoms in total. The summed E-state index contributed by atoms with van der Waals surface area (Å²) in [6, 6.07) is 55.7. The van der Waals surface area contributed by atoms with E-state index in [1.54, 1.807) is 55.8 Å². The van der Waals surface area contributed by atoms with E-state index in [0.717, 1.165) is 243 Å². The number of hydrogen-bond acceptors (Lipinski definition) is 19. The fraction of sp³-hybridized carbons (Fsp3) is 0.390. The monoisotopic (exact) mass is 1940 g/mol. The first-order chi connectivity index (χ1) is 69.0. The van der Waals surface area contributed by atoms with E-state index in [0.29, 0.717) is 75.3 Å². The fourth-order valence-corrected chi connectivity index (χ4v) is 21.0. The molecule has 25 heteroatoms. The quantitative estimate of drug-likeness (QED) is 0.0397. The molecule has 0 bridgehead atoms. The molecule has 6 fully saturated rings. The van der Waals surface area contributed by atoms with E-state index < -0.39 is 24.4 Å². The molecular formula is C118H132BClN12O11. The zero-order valence-corrected chi connectivity index (χ0v) is 84.7. The molecular weight excluding hydrogens is 1810 g/mol. The summed E-state index contributed by atoms with van der Waals surface area (Å²) in [4.78, 5) is 90.7. The summed E-state index contributed by atoms with van der Waals surface area (Å²) >= 11 is 5.93. The standard InChI is InChI=1S/2C27H29N3O2.C27H27N3O2.C24H22ClN3O2.C9H17BO2.C4H8O/c3*1-17(2)23-12-11-18(15-28-23)13-19-14-22-26(21-8-4-3-7-20(19)21)29-16-30(27(22)32)24-9-5-6-10-25(24)31;25-22-10-9-15(13-26-22)11-16-12-19-23(18-6-2-1-5-17(16)18)27-14-28(24(19)30)20-7-3-4-8-21(20)29;1-7(2)10-11-8(3,4)9(5,6)12-10;1-2-4-5-3-1/h2*3-4,7-8,11-12,14-17,24-25,31H,5-6,9-10,13H2,1-2H3;3-4,7-8,11-12,14-16,24-25,31H,1,5-6,9-10,13H2,2H3;1-2,5-6,9-10,12-14,20-21,29H,3-4,7-8,11H2;1H2,2-6H3;1-4H2/t3*24-,25-;20-,21-;;/m0000../s1. The first kappa shape index (κ1) is 102. The molecule has 8 aromatic heterocycles. The largest absolute Gasteiger partial charge is 0.489 e. The molecule has 8 atom stereocenters. The first-order valence-electron chi connectivity index (χ1n) is 51.0. The Morgan fingerprint density at radius 1 is 0.364 bits per heavy atom. The summed E-state index contributed by atoms with van der Waals surface area (Å²) in [5.74, 6) is 0.787. The van der Waals surface area contributed by atoms with Gasteiger partial charge >= 0.3 is 7.12 Å². The fourth-order valence-electron chi connectivity index (χ4n) is 20.9. The Balaban J connectivity index is 0.000000124. The van der Waals surface area contributed by atoms with Gasteiger partial charge in [0.2, 0.25) is 0 Å². The molecule has 6 aliphatic rings. The molecule has 4 saturated carbocycles. The highest BCUT2D eigenvalue weighted by molar-refractivity contribution is 6.54. The Kier molecular flexibility index (Phi) is 32.2. The number of rotatable bonds is 16. The number of ether oxygens (including phenoxy) is 1. The number of fused-ring (bicyclic) bond motifs is 12. The Bertz CT molecular complexity index is 7320. The van der Waals surface area contributed by atoms with Gasteiger partial charge in [-0.25, -0.2) is 24.9 Å². The van der Waals surface area contributed by atoms with E-state index in [2.05, 4.69) is 125 Å². The van der Waals surface area contributed by atoms with Crippen LogP contribution in [-0.2, 0) is 39.7 Å². The summed E-state index contributed by atoms with van der Waals surface area (Å²) in [5, 5.41) is 53.1. The number of halogens is 1. The van der Waals surface area contributed by atoms with E-state index >= 15 is 0 Å². The molecule has 740 valence electrons. The van der Waals surface area contributed by atoms with Crippen LogP contribution in [0.1, 0.15) is 282 Å². The number of benzene rings is 8. The van der Waals surface area contributed by atoms with E-state index in [1.807, 2.05) is 169 Å². The Morgan fingerprint density at radius 3 is 0.860 bits per heavy atom. The molecule has 0 radical (unpaired) electrons. The number of aliphatic hydroxyl groups is 4. The molecule has 0 unspecified atom stereocenters. The van der Waals surface area contributed by atoms with Crippen LogP contribution in [0.2, 0.25) is 5.15 Å². The van der Waals surface area contributed by atoms with Crippen molar-refractivity contribution >= 4 is 111 Å². The van der Waals surface area contributed by atoms with Gasteiger partial charge in [0.25, 0.3) is 22.2 Å². The SMILES string of the molecule is C1CCOC1.C=C(C)B1OC(C)(C)C(C)(C)O1.C=C(C)c1ccc(Cc2cc3c(=O)n([C@H]4CCCC[C@@H]4O)cnc3c3ccccc23)cn1.CC(C)c1ccc(Cc2cc3c(=O)n([C@H]4CCCC[C@@H]4O)cnc3c3ccccc23)cn1.CC(C)c1ccc(Cc2cc3c(=O)n([C@H]4CCCC[C@@H]4O)cnc3c3ccccc23)cn1.O=c1c2cc(Cc3ccc(Cl)nc3)c3ccccc3c2ncn1[C@H]1CCCC[C@@H]1O. The lowest BCUT2D eigenvalue weighted by atomic mass is 9.81. The summed E-state index contributed by atoms with van der Waals surface area (Å²) in [6.45, 7) is 30.3. The average molecular weight is 1940 g/mol. The predicted molar refractivity (Wildman–Crippen MR) is 575 cm³/mol. The van der Waals surface area contributed by atoms with Crippen molar-refractivity contribution in [2.24, 2.45) is 0 Å². The Morgan fingerprint density at radius 2 is 0.636 bits per heavy atom. The smallest absolute Gasteiger partial charge is 0.400 e. The van der Waals surface area contributed by atoms with E-state index in [-0.39, 0.29) is 64.7 Å². The first-order valence-corrected chi connectivity index (χ1v) is 51.4. The molecule has 8 aromatic carbocycles. The molecule has 10 heterocycles. The van der Waals surface area contributed by atoms with Gasteiger partial charge < -0.3 is 34.5 Å². The van der Waals surface area contributed by atoms with Gasteiger partial charge in [-0.2, -0.15) is 0 Å². The highest BCUT2D eigenvalue weighted by Gasteiger charge is 2.51. The lowest BCUT2D eigenvalue weighted by molar-refractivity contribution is 0.00578. The Labute approximate surface area is 840 Å². The number of aromatic nitrogens is 12. The topological polar surface area (TPSA) is 300 Å². The number of allylic oxidation sites excluding steroid dienone is 2. The summed E-state index contributed by atoms with van der Waals surface area (Å²) in [7, 11) is -0.241. The zero-order valence-electron chi connectivity index (χ0n) is 83.9. The number of nitrogens with zero attached hydrogens (tertiary/aromatic N) is 12. The molecule has 0 spiro atoms. The minimum Gasteiger partial charge on any atom is -0.400 e. The third-order valence-corrected chi connectivity index (χ3v) is 29.9. The van der Waals surface area contributed by atoms with Crippen molar-refractivity contribution in [2.75, 3.05) is 13.2 Å².